The van der Waals surface area contributed by atoms with Crippen LogP contribution in [0.5, 0.6) is 0 Å². The number of phosphoric ester groups is 1. The maximum Gasteiger partial charge on any atom is 0.469 e. The van der Waals surface area contributed by atoms with Crippen molar-refractivity contribution >= 4 is 7.82 Å². The molecule has 57 heavy (non-hydrogen) atoms. The number of hydrogen-bond acceptors (Lipinski definition) is 2. The zero-order valence-corrected chi connectivity index (χ0v) is 25.8. The van der Waals surface area contributed by atoms with E-state index in [1.54, 1.807) is 0 Å². The van der Waals surface area contributed by atoms with E-state index >= 15 is 0 Å². The van der Waals surface area contributed by atoms with Crippen LogP contribution in [-0.2, 0) is 9.09 Å². The number of rotatable bonds is 18. The van der Waals surface area contributed by atoms with Gasteiger partial charge in [0.2, 0.25) is 0 Å². The molecule has 0 aliphatic rings. The van der Waals surface area contributed by atoms with Gasteiger partial charge in [-0.15, -0.1) is 0 Å². The molecule has 0 heterocycles. The molecule has 1 unspecified atom stereocenters. The summed E-state index contributed by atoms with van der Waals surface area (Å²) in [5.74, 6) is -144. The molecule has 2 N–H and O–H groups in total. The lowest BCUT2D eigenvalue weighted by Gasteiger charge is -2.47. The first kappa shape index (κ1) is 54.8. The van der Waals surface area contributed by atoms with E-state index in [0.29, 0.717) is 0 Å². The van der Waals surface area contributed by atoms with Crippen LogP contribution >= 0.6 is 7.82 Å². The fourth-order valence-electron chi connectivity index (χ4n) is 3.53. The molecule has 0 aliphatic heterocycles. The zero-order chi connectivity index (χ0) is 47.5. The molecule has 0 spiro atoms. The third-order valence-corrected chi connectivity index (χ3v) is 7.44. The van der Waals surface area contributed by atoms with Gasteiger partial charge in [-0.3, -0.25) is 4.52 Å². The molecule has 344 valence electrons. The minimum atomic E-state index is -10.3. The standard InChI is InChI=1S/C19H8F33O4P/c1-3(56-57(53,54)55)2-4(20,21)5(22,23)6(24,25)7(26,27)8(28,29)9(30,31)10(32,33)11(34,35)12(36,37)13(38,39)14(40,41)15(42,43)16(44,45)17(46,47)18(48,49)19(50,51)52/h3H,2H2,1H3,(H2,53,54,55). The summed E-state index contributed by atoms with van der Waals surface area (Å²) in [6.45, 7) is -0.301. The van der Waals surface area contributed by atoms with Crippen molar-refractivity contribution < 1.29 is 164 Å². The van der Waals surface area contributed by atoms with Gasteiger partial charge in [-0.05, 0) is 6.92 Å². The second-order valence-corrected chi connectivity index (χ2v) is 12.0. The van der Waals surface area contributed by atoms with Crippen molar-refractivity contribution in [3.63, 3.8) is 0 Å². The van der Waals surface area contributed by atoms with Gasteiger partial charge in [0, 0.05) is 6.42 Å². The van der Waals surface area contributed by atoms with Crippen molar-refractivity contribution in [3.05, 3.63) is 0 Å². The lowest BCUT2D eigenvalue weighted by atomic mass is 9.82. The Hall–Kier alpha value is -2.20. The molecule has 0 amide bonds. The zero-order valence-electron chi connectivity index (χ0n) is 24.9. The third-order valence-electron chi connectivity index (χ3n) is 6.80. The number of halogens is 33. The van der Waals surface area contributed by atoms with Gasteiger partial charge in [-0.1, -0.05) is 0 Å². The number of hydrogen-bond donors (Lipinski definition) is 2. The van der Waals surface area contributed by atoms with E-state index in [1.807, 2.05) is 0 Å². The molecule has 0 aromatic heterocycles. The summed E-state index contributed by atoms with van der Waals surface area (Å²) in [5.41, 5.74) is 0. The summed E-state index contributed by atoms with van der Waals surface area (Å²) in [5, 5.41) is 0. The second kappa shape index (κ2) is 13.7. The summed E-state index contributed by atoms with van der Waals surface area (Å²) in [6, 6.07) is 0. The molecule has 4 nitrogen and oxygen atoms in total. The van der Waals surface area contributed by atoms with Crippen molar-refractivity contribution in [3.8, 4) is 0 Å². The van der Waals surface area contributed by atoms with E-state index in [-0.39, 0.29) is 6.92 Å². The molecule has 0 fully saturated rings. The Morgan fingerprint density at radius 1 is 0.351 bits per heavy atom. The highest BCUT2D eigenvalue weighted by Gasteiger charge is 3.01. The van der Waals surface area contributed by atoms with E-state index in [9.17, 15) is 149 Å². The van der Waals surface area contributed by atoms with Gasteiger partial charge in [-0.2, -0.15) is 145 Å². The normalized spacial score (nSPS) is 17.6. The lowest BCUT2D eigenvalue weighted by Crippen LogP contribution is -2.80. The van der Waals surface area contributed by atoms with Crippen LogP contribution in [0.15, 0.2) is 0 Å². The van der Waals surface area contributed by atoms with Crippen LogP contribution in [-0.4, -0.2) is 111 Å². The van der Waals surface area contributed by atoms with Crippen LogP contribution in [0.25, 0.3) is 0 Å². The summed E-state index contributed by atoms with van der Waals surface area (Å²) in [6.07, 6.45) is -15.4. The molecule has 0 saturated heterocycles. The third kappa shape index (κ3) is 7.08. The monoisotopic (exact) mass is 958 g/mol. The van der Waals surface area contributed by atoms with E-state index in [2.05, 4.69) is 4.52 Å². The number of alkyl halides is 33. The Balaban J connectivity index is 7.66. The highest BCUT2D eigenvalue weighted by molar-refractivity contribution is 7.46. The largest absolute Gasteiger partial charge is 0.469 e. The molecule has 0 rings (SSSR count). The van der Waals surface area contributed by atoms with Crippen LogP contribution < -0.4 is 0 Å². The SMILES string of the molecule is CC(CC(F)(F)C(F)(F)C(F)(F)C(F)(F)C(F)(F)C(F)(F)C(F)(F)C(F)(F)C(F)(F)C(F)(F)C(F)(F)C(F)(F)C(F)(F)C(F)(F)C(F)(F)C(F)(F)F)OP(=O)(O)O. The predicted molar refractivity (Wildman–Crippen MR) is 107 cm³/mol. The van der Waals surface area contributed by atoms with Gasteiger partial charge in [0.25, 0.3) is 0 Å². The van der Waals surface area contributed by atoms with Crippen LogP contribution in [0.4, 0.5) is 145 Å². The van der Waals surface area contributed by atoms with Gasteiger partial charge in [-0.25, -0.2) is 4.57 Å². The van der Waals surface area contributed by atoms with Gasteiger partial charge >= 0.3 is 103 Å². The maximum atomic E-state index is 14.0. The highest BCUT2D eigenvalue weighted by atomic mass is 31.2. The second-order valence-electron chi connectivity index (χ2n) is 10.9. The fourth-order valence-corrected chi connectivity index (χ4v) is 4.08. The molecular formula is C19H8F33O4P. The highest BCUT2D eigenvalue weighted by Crippen LogP contribution is 2.70. The first-order valence-corrected chi connectivity index (χ1v) is 13.9. The Bertz CT molecular complexity index is 1500. The smallest absolute Gasteiger partial charge is 0.303 e. The Morgan fingerprint density at radius 3 is 0.667 bits per heavy atom. The van der Waals surface area contributed by atoms with E-state index in [4.69, 9.17) is 9.79 Å². The maximum absolute atomic E-state index is 14.0. The van der Waals surface area contributed by atoms with Gasteiger partial charge in [0.1, 0.15) is 0 Å². The minimum absolute atomic E-state index is 0.301. The molecule has 0 aliphatic carbocycles. The Kier molecular flexibility index (Phi) is 13.1. The van der Waals surface area contributed by atoms with Crippen molar-refractivity contribution in [2.24, 2.45) is 0 Å². The molecule has 38 heteroatoms. The average molecular weight is 958 g/mol. The topological polar surface area (TPSA) is 66.8 Å². The predicted octanol–water partition coefficient (Wildman–Crippen LogP) is 11.0. The fraction of sp³-hybridized carbons (Fsp3) is 1.00. The molecule has 0 radical (unpaired) electrons. The van der Waals surface area contributed by atoms with Gasteiger partial charge in [0.15, 0.2) is 0 Å². The minimum Gasteiger partial charge on any atom is -0.303 e. The summed E-state index contributed by atoms with van der Waals surface area (Å²) >= 11 is 0. The first-order valence-electron chi connectivity index (χ1n) is 12.3. The lowest BCUT2D eigenvalue weighted by molar-refractivity contribution is -0.491. The Labute approximate surface area is 287 Å². The molecule has 1 atom stereocenters. The van der Waals surface area contributed by atoms with Crippen LogP contribution in [0.2, 0.25) is 0 Å². The summed E-state index contributed by atoms with van der Waals surface area (Å²) < 4.78 is 462. The van der Waals surface area contributed by atoms with Crippen molar-refractivity contribution in [2.75, 3.05) is 0 Å². The van der Waals surface area contributed by atoms with Crippen molar-refractivity contribution in [1.82, 2.24) is 0 Å². The number of phosphoric acid groups is 1. The first-order chi connectivity index (χ1) is 23.9. The van der Waals surface area contributed by atoms with E-state index < -0.39 is 115 Å². The van der Waals surface area contributed by atoms with Crippen LogP contribution in [0.3, 0.4) is 0 Å². The van der Waals surface area contributed by atoms with E-state index in [0.717, 1.165) is 0 Å². The average Bonchev–Trinajstić information content (AvgIpc) is 2.93. The molecular weight excluding hydrogens is 950 g/mol. The van der Waals surface area contributed by atoms with E-state index in [1.165, 1.54) is 0 Å². The quantitative estimate of drug-likeness (QED) is 0.106. The van der Waals surface area contributed by atoms with Gasteiger partial charge in [0.05, 0.1) is 6.10 Å². The molecule has 0 saturated carbocycles. The van der Waals surface area contributed by atoms with Crippen LogP contribution in [0, 0.1) is 0 Å². The summed E-state index contributed by atoms with van der Waals surface area (Å²) in [7, 11) is -6.22. The van der Waals surface area contributed by atoms with Crippen molar-refractivity contribution in [1.29, 1.82) is 0 Å². The Morgan fingerprint density at radius 2 is 0.509 bits per heavy atom. The molecule has 0 bridgehead atoms. The van der Waals surface area contributed by atoms with Gasteiger partial charge < -0.3 is 9.79 Å². The summed E-state index contributed by atoms with van der Waals surface area (Å²) in [4.78, 5) is 16.6. The van der Waals surface area contributed by atoms with Crippen molar-refractivity contribution in [2.45, 2.75) is 114 Å². The molecule has 0 aromatic rings. The van der Waals surface area contributed by atoms with Crippen LogP contribution in [0.1, 0.15) is 13.3 Å². The molecule has 0 aromatic carbocycles.